The molecule has 3 N–H and O–H groups in total. The minimum atomic E-state index is -0.650. The van der Waals surface area contributed by atoms with E-state index in [0.717, 1.165) is 38.5 Å². The highest BCUT2D eigenvalue weighted by Crippen LogP contribution is 2.16. The van der Waals surface area contributed by atoms with E-state index in [4.69, 9.17) is 0 Å². The predicted octanol–water partition coefficient (Wildman–Crippen LogP) is 15.9. The Morgan fingerprint density at radius 1 is 0.305 bits per heavy atom. The van der Waals surface area contributed by atoms with Crippen LogP contribution < -0.4 is 16.0 Å². The zero-order valence-corrected chi connectivity index (χ0v) is 40.3. The lowest BCUT2D eigenvalue weighted by molar-refractivity contribution is -0.129. The summed E-state index contributed by atoms with van der Waals surface area (Å²) in [6.45, 7) is 8.14. The van der Waals surface area contributed by atoms with Crippen molar-refractivity contribution in [3.05, 3.63) is 0 Å². The van der Waals surface area contributed by atoms with Crippen LogP contribution in [-0.2, 0) is 14.4 Å². The topological polar surface area (TPSA) is 87.3 Å². The molecule has 0 heterocycles. The Hall–Kier alpha value is -1.59. The number of rotatable bonds is 49. The quantitative estimate of drug-likeness (QED) is 0.0534. The zero-order valence-electron chi connectivity index (χ0n) is 40.3. The van der Waals surface area contributed by atoms with Crippen molar-refractivity contribution in [2.45, 2.75) is 309 Å². The molecule has 0 saturated carbocycles. The zero-order chi connectivity index (χ0) is 43.0. The lowest BCUT2D eigenvalue weighted by Gasteiger charge is -2.18. The lowest BCUT2D eigenvalue weighted by Crippen LogP contribution is -2.47. The van der Waals surface area contributed by atoms with Gasteiger partial charge in [0.1, 0.15) is 6.04 Å². The van der Waals surface area contributed by atoms with Crippen LogP contribution in [0.25, 0.3) is 0 Å². The Balaban J connectivity index is 4.22. The predicted molar refractivity (Wildman–Crippen MR) is 258 cm³/mol. The molecular weight excluding hydrogens is 727 g/mol. The van der Waals surface area contributed by atoms with Crippen molar-refractivity contribution in [1.82, 2.24) is 16.0 Å². The van der Waals surface area contributed by atoms with Crippen molar-refractivity contribution < 1.29 is 14.4 Å². The molecule has 1 atom stereocenters. The molecule has 0 aliphatic heterocycles. The van der Waals surface area contributed by atoms with Crippen molar-refractivity contribution in [2.24, 2.45) is 0 Å². The molecule has 59 heavy (non-hydrogen) atoms. The standard InChI is InChI=1S/C53H105N3O3/c1-4-7-10-13-16-19-21-23-25-27-29-31-34-37-40-43-48-54-51(57)47-46-50(56-52(58)45-42-39-36-33-18-15-12-9-6-3)53(59)55-49-44-41-38-35-32-30-28-26-24-22-20-17-14-11-8-5-2/h50H,4-49H2,1-3H3,(H,54,57)(H,55,59)(H,56,58)/t50-/m0/s1. The van der Waals surface area contributed by atoms with Gasteiger partial charge in [-0.25, -0.2) is 0 Å². The molecule has 6 heteroatoms. The first kappa shape index (κ1) is 57.4. The second-order valence-electron chi connectivity index (χ2n) is 18.5. The summed E-state index contributed by atoms with van der Waals surface area (Å²) in [5.41, 5.74) is 0. The Bertz CT molecular complexity index is 880. The largest absolute Gasteiger partial charge is 0.356 e. The van der Waals surface area contributed by atoms with Gasteiger partial charge in [-0.15, -0.1) is 0 Å². The van der Waals surface area contributed by atoms with E-state index in [1.807, 2.05) is 0 Å². The van der Waals surface area contributed by atoms with E-state index in [1.165, 1.54) is 225 Å². The fraction of sp³-hybridized carbons (Fsp3) is 0.943. The normalized spacial score (nSPS) is 11.8. The molecule has 0 aliphatic rings. The van der Waals surface area contributed by atoms with Crippen LogP contribution in [0.3, 0.4) is 0 Å². The molecule has 6 nitrogen and oxygen atoms in total. The molecule has 0 rings (SSSR count). The van der Waals surface area contributed by atoms with E-state index < -0.39 is 6.04 Å². The smallest absolute Gasteiger partial charge is 0.242 e. The maximum absolute atomic E-state index is 13.2. The second kappa shape index (κ2) is 49.1. The third kappa shape index (κ3) is 45.8. The van der Waals surface area contributed by atoms with Gasteiger partial charge in [-0.3, -0.25) is 14.4 Å². The number of carbonyl (C=O) groups is 3. The van der Waals surface area contributed by atoms with Crippen LogP contribution in [0, 0.1) is 0 Å². The van der Waals surface area contributed by atoms with E-state index in [9.17, 15) is 14.4 Å². The summed E-state index contributed by atoms with van der Waals surface area (Å²) in [6, 6.07) is -0.650. The van der Waals surface area contributed by atoms with Crippen LogP contribution in [-0.4, -0.2) is 36.9 Å². The highest BCUT2D eigenvalue weighted by atomic mass is 16.2. The summed E-state index contributed by atoms with van der Waals surface area (Å²) in [6.07, 6.45) is 54.5. The first-order valence-electron chi connectivity index (χ1n) is 26.9. The molecule has 0 bridgehead atoms. The lowest BCUT2D eigenvalue weighted by atomic mass is 10.0. The van der Waals surface area contributed by atoms with E-state index in [0.29, 0.717) is 25.9 Å². The molecule has 3 amide bonds. The number of hydrogen-bond acceptors (Lipinski definition) is 3. The van der Waals surface area contributed by atoms with Gasteiger partial charge in [0.25, 0.3) is 0 Å². The summed E-state index contributed by atoms with van der Waals surface area (Å²) in [4.78, 5) is 38.9. The number of hydrogen-bond donors (Lipinski definition) is 3. The van der Waals surface area contributed by atoms with Crippen molar-refractivity contribution in [1.29, 1.82) is 0 Å². The minimum absolute atomic E-state index is 0.0188. The molecular formula is C53H105N3O3. The fourth-order valence-electron chi connectivity index (χ4n) is 8.40. The monoisotopic (exact) mass is 832 g/mol. The second-order valence-corrected chi connectivity index (χ2v) is 18.5. The molecule has 0 aliphatic carbocycles. The van der Waals surface area contributed by atoms with Crippen LogP contribution in [0.15, 0.2) is 0 Å². The first-order valence-corrected chi connectivity index (χ1v) is 26.9. The number of amides is 3. The van der Waals surface area contributed by atoms with Crippen LogP contribution in [0.5, 0.6) is 0 Å². The fourth-order valence-corrected chi connectivity index (χ4v) is 8.40. The summed E-state index contributed by atoms with van der Waals surface area (Å²) in [7, 11) is 0. The molecule has 0 fully saturated rings. The van der Waals surface area contributed by atoms with E-state index in [-0.39, 0.29) is 24.1 Å². The molecule has 0 aromatic carbocycles. The summed E-state index contributed by atoms with van der Waals surface area (Å²) < 4.78 is 0. The Morgan fingerprint density at radius 3 is 0.898 bits per heavy atom. The summed E-state index contributed by atoms with van der Waals surface area (Å²) >= 11 is 0. The van der Waals surface area contributed by atoms with E-state index in [2.05, 4.69) is 36.7 Å². The molecule has 0 radical (unpaired) electrons. The van der Waals surface area contributed by atoms with Crippen LogP contribution in [0.4, 0.5) is 0 Å². The van der Waals surface area contributed by atoms with Crippen molar-refractivity contribution >= 4 is 17.7 Å². The highest BCUT2D eigenvalue weighted by Gasteiger charge is 2.21. The van der Waals surface area contributed by atoms with Crippen LogP contribution in [0.1, 0.15) is 303 Å². The SMILES string of the molecule is CCCCCCCCCCCCCCCCCCNC(=O)CC[C@H](NC(=O)CCCCCCCCCCC)C(=O)NCCCCCCCCCCCCCCCCCC. The Labute approximate surface area is 369 Å². The third-order valence-corrected chi connectivity index (χ3v) is 12.5. The third-order valence-electron chi connectivity index (χ3n) is 12.5. The van der Waals surface area contributed by atoms with E-state index >= 15 is 0 Å². The van der Waals surface area contributed by atoms with Gasteiger partial charge in [-0.2, -0.15) is 0 Å². The van der Waals surface area contributed by atoms with Gasteiger partial charge >= 0.3 is 0 Å². The number of unbranched alkanes of at least 4 members (excludes halogenated alkanes) is 38. The van der Waals surface area contributed by atoms with Gasteiger partial charge < -0.3 is 16.0 Å². The first-order chi connectivity index (χ1) is 29.0. The minimum Gasteiger partial charge on any atom is -0.356 e. The van der Waals surface area contributed by atoms with E-state index in [1.54, 1.807) is 0 Å². The summed E-state index contributed by atoms with van der Waals surface area (Å²) in [5.74, 6) is -0.226. The van der Waals surface area contributed by atoms with Gasteiger partial charge in [0.05, 0.1) is 0 Å². The highest BCUT2D eigenvalue weighted by molar-refractivity contribution is 5.88. The van der Waals surface area contributed by atoms with Gasteiger partial charge in [0, 0.05) is 25.9 Å². The Kier molecular flexibility index (Phi) is 47.7. The Morgan fingerprint density at radius 2 is 0.576 bits per heavy atom. The van der Waals surface area contributed by atoms with Gasteiger partial charge in [0.15, 0.2) is 0 Å². The maximum Gasteiger partial charge on any atom is 0.242 e. The molecule has 0 unspecified atom stereocenters. The maximum atomic E-state index is 13.2. The van der Waals surface area contributed by atoms with Crippen molar-refractivity contribution in [3.63, 3.8) is 0 Å². The van der Waals surface area contributed by atoms with Crippen LogP contribution in [0.2, 0.25) is 0 Å². The van der Waals surface area contributed by atoms with Gasteiger partial charge in [-0.1, -0.05) is 265 Å². The molecule has 350 valence electrons. The van der Waals surface area contributed by atoms with Crippen LogP contribution >= 0.6 is 0 Å². The van der Waals surface area contributed by atoms with Gasteiger partial charge in [-0.05, 0) is 25.7 Å². The van der Waals surface area contributed by atoms with Crippen molar-refractivity contribution in [3.8, 4) is 0 Å². The summed E-state index contributed by atoms with van der Waals surface area (Å²) in [5, 5.41) is 9.15. The average molecular weight is 832 g/mol. The van der Waals surface area contributed by atoms with Crippen molar-refractivity contribution in [2.75, 3.05) is 13.1 Å². The van der Waals surface area contributed by atoms with Gasteiger partial charge in [0.2, 0.25) is 17.7 Å². The molecule has 0 saturated heterocycles. The number of nitrogens with one attached hydrogen (secondary N) is 3. The molecule has 0 aromatic heterocycles. The number of carbonyl (C=O) groups excluding carboxylic acids is 3. The molecule has 0 aromatic rings. The molecule has 0 spiro atoms. The average Bonchev–Trinajstić information content (AvgIpc) is 3.23.